The lowest BCUT2D eigenvalue weighted by atomic mass is 9.92. The van der Waals surface area contributed by atoms with Gasteiger partial charge in [0.05, 0.1) is 24.9 Å². The van der Waals surface area contributed by atoms with E-state index in [-0.39, 0.29) is 23.8 Å². The number of rotatable bonds is 4. The number of amides is 1. The van der Waals surface area contributed by atoms with Gasteiger partial charge in [-0.25, -0.2) is 13.2 Å². The van der Waals surface area contributed by atoms with Crippen LogP contribution in [-0.2, 0) is 30.9 Å². The average Bonchev–Trinajstić information content (AvgIpc) is 3.20. The molecule has 0 aliphatic carbocycles. The number of carboxylic acids is 1. The summed E-state index contributed by atoms with van der Waals surface area (Å²) in [6, 6.07) is 3.71. The van der Waals surface area contributed by atoms with Crippen LogP contribution < -0.4 is 5.32 Å². The fourth-order valence-corrected chi connectivity index (χ4v) is 3.90. The standard InChI is InChI=1S/C14H19N3O4S.C2HF3O2/c1-22(19,20)17-7-11-12(9-21-13(11)8-17)14(18)16-6-10-3-2-4-15-5-10;3-2(4,5)1(6)7/h2-5,11-13H,6-9H2,1H3,(H,16,18);(H,6,7)/t11-,12+,13-;/m1./s1. The van der Waals surface area contributed by atoms with Crippen LogP contribution in [0.25, 0.3) is 0 Å². The van der Waals surface area contributed by atoms with E-state index in [0.717, 1.165) is 5.56 Å². The number of carbonyl (C=O) groups excluding carboxylic acids is 1. The number of alkyl halides is 3. The number of aromatic nitrogens is 1. The van der Waals surface area contributed by atoms with Crippen molar-refractivity contribution in [3.8, 4) is 0 Å². The molecule has 3 rings (SSSR count). The predicted molar refractivity (Wildman–Crippen MR) is 92.9 cm³/mol. The first-order valence-electron chi connectivity index (χ1n) is 8.43. The molecule has 1 aromatic rings. The first kappa shape index (κ1) is 23.0. The van der Waals surface area contributed by atoms with Gasteiger partial charge in [-0.3, -0.25) is 9.78 Å². The van der Waals surface area contributed by atoms with Gasteiger partial charge in [-0.05, 0) is 11.6 Å². The second kappa shape index (κ2) is 9.05. The van der Waals surface area contributed by atoms with Crippen LogP contribution in [-0.4, -0.2) is 72.9 Å². The Morgan fingerprint density at radius 1 is 1.38 bits per heavy atom. The van der Waals surface area contributed by atoms with Crippen molar-refractivity contribution in [1.29, 1.82) is 0 Å². The van der Waals surface area contributed by atoms with Gasteiger partial charge in [0.1, 0.15) is 0 Å². The maximum Gasteiger partial charge on any atom is 0.490 e. The zero-order chi connectivity index (χ0) is 21.8. The summed E-state index contributed by atoms with van der Waals surface area (Å²) in [6.45, 7) is 1.46. The number of fused-ring (bicyclic) bond motifs is 1. The van der Waals surface area contributed by atoms with Crippen molar-refractivity contribution in [2.24, 2.45) is 11.8 Å². The molecule has 0 saturated carbocycles. The first-order chi connectivity index (χ1) is 13.4. The van der Waals surface area contributed by atoms with E-state index in [9.17, 15) is 26.4 Å². The van der Waals surface area contributed by atoms with Gasteiger partial charge >= 0.3 is 12.1 Å². The molecule has 0 unspecified atom stereocenters. The van der Waals surface area contributed by atoms with Crippen molar-refractivity contribution in [3.63, 3.8) is 0 Å². The number of carbonyl (C=O) groups is 2. The average molecular weight is 439 g/mol. The van der Waals surface area contributed by atoms with Gasteiger partial charge in [-0.1, -0.05) is 6.07 Å². The van der Waals surface area contributed by atoms with Crippen LogP contribution in [0.15, 0.2) is 24.5 Å². The van der Waals surface area contributed by atoms with Crippen molar-refractivity contribution >= 4 is 21.9 Å². The van der Waals surface area contributed by atoms with Crippen molar-refractivity contribution in [2.45, 2.75) is 18.8 Å². The number of halogens is 3. The highest BCUT2D eigenvalue weighted by Crippen LogP contribution is 2.34. The Balaban J connectivity index is 0.000000370. The zero-order valence-corrected chi connectivity index (χ0v) is 16.1. The monoisotopic (exact) mass is 439 g/mol. The molecular formula is C16H20F3N3O6S. The SMILES string of the molecule is CS(=O)(=O)N1C[C@@H]2[C@@H](C(=O)NCc3cccnc3)CO[C@@H]2C1.O=C(O)C(F)(F)F. The molecule has 0 spiro atoms. The van der Waals surface area contributed by atoms with Crippen molar-refractivity contribution < 1.29 is 41.0 Å². The summed E-state index contributed by atoms with van der Waals surface area (Å²) in [7, 11) is -3.24. The van der Waals surface area contributed by atoms with Crippen LogP contribution in [0.4, 0.5) is 13.2 Å². The van der Waals surface area contributed by atoms with Gasteiger partial charge in [0, 0.05) is 37.9 Å². The quantitative estimate of drug-likeness (QED) is 0.688. The Morgan fingerprint density at radius 2 is 2.03 bits per heavy atom. The number of nitrogens with zero attached hydrogens (tertiary/aromatic N) is 2. The largest absolute Gasteiger partial charge is 0.490 e. The topological polar surface area (TPSA) is 126 Å². The molecule has 0 aromatic carbocycles. The molecular weight excluding hydrogens is 419 g/mol. The number of ether oxygens (including phenoxy) is 1. The summed E-state index contributed by atoms with van der Waals surface area (Å²) >= 11 is 0. The summed E-state index contributed by atoms with van der Waals surface area (Å²) in [5.41, 5.74) is 0.926. The predicted octanol–water partition coefficient (Wildman–Crippen LogP) is 0.238. The highest BCUT2D eigenvalue weighted by Gasteiger charge is 2.48. The number of sulfonamides is 1. The number of hydrogen-bond donors (Lipinski definition) is 2. The van der Waals surface area contributed by atoms with E-state index in [1.165, 1.54) is 10.6 Å². The molecule has 2 N–H and O–H groups in total. The molecule has 0 radical (unpaired) electrons. The maximum absolute atomic E-state index is 12.3. The van der Waals surface area contributed by atoms with Crippen LogP contribution in [0, 0.1) is 11.8 Å². The minimum absolute atomic E-state index is 0.0661. The normalized spacial score (nSPS) is 24.3. The smallest absolute Gasteiger partial charge is 0.475 e. The molecule has 3 heterocycles. The summed E-state index contributed by atoms with van der Waals surface area (Å²) in [5, 5.41) is 10.0. The third-order valence-corrected chi connectivity index (χ3v) is 5.76. The van der Waals surface area contributed by atoms with Crippen molar-refractivity contribution in [2.75, 3.05) is 26.0 Å². The minimum Gasteiger partial charge on any atom is -0.475 e. The van der Waals surface area contributed by atoms with Crippen LogP contribution >= 0.6 is 0 Å². The van der Waals surface area contributed by atoms with Crippen LogP contribution in [0.2, 0.25) is 0 Å². The Bertz CT molecular complexity index is 834. The number of carboxylic acid groups (broad SMARTS) is 1. The highest BCUT2D eigenvalue weighted by molar-refractivity contribution is 7.88. The third-order valence-electron chi connectivity index (χ3n) is 4.52. The van der Waals surface area contributed by atoms with Crippen LogP contribution in [0.3, 0.4) is 0 Å². The molecule has 3 atom stereocenters. The number of nitrogens with one attached hydrogen (secondary N) is 1. The molecule has 2 saturated heterocycles. The number of aliphatic carboxylic acids is 1. The second-order valence-corrected chi connectivity index (χ2v) is 8.59. The lowest BCUT2D eigenvalue weighted by molar-refractivity contribution is -0.192. The Labute approximate surface area is 164 Å². The van der Waals surface area contributed by atoms with E-state index in [1.54, 1.807) is 12.4 Å². The van der Waals surface area contributed by atoms with Gasteiger partial charge in [0.25, 0.3) is 0 Å². The van der Waals surface area contributed by atoms with E-state index in [4.69, 9.17) is 14.6 Å². The molecule has 1 amide bonds. The van der Waals surface area contributed by atoms with E-state index < -0.39 is 22.2 Å². The van der Waals surface area contributed by atoms with Gasteiger partial charge < -0.3 is 15.2 Å². The molecule has 13 heteroatoms. The molecule has 29 heavy (non-hydrogen) atoms. The zero-order valence-electron chi connectivity index (χ0n) is 15.3. The molecule has 9 nitrogen and oxygen atoms in total. The Morgan fingerprint density at radius 3 is 2.55 bits per heavy atom. The van der Waals surface area contributed by atoms with Gasteiger partial charge in [0.15, 0.2) is 0 Å². The molecule has 162 valence electrons. The summed E-state index contributed by atoms with van der Waals surface area (Å²) < 4.78 is 62.0. The van der Waals surface area contributed by atoms with Gasteiger partial charge in [0.2, 0.25) is 15.9 Å². The third kappa shape index (κ3) is 6.37. The highest BCUT2D eigenvalue weighted by atomic mass is 32.2. The van der Waals surface area contributed by atoms with E-state index in [1.807, 2.05) is 12.1 Å². The summed E-state index contributed by atoms with van der Waals surface area (Å²) in [4.78, 5) is 25.2. The van der Waals surface area contributed by atoms with Crippen molar-refractivity contribution in [1.82, 2.24) is 14.6 Å². The van der Waals surface area contributed by atoms with E-state index in [0.29, 0.717) is 26.2 Å². The van der Waals surface area contributed by atoms with Crippen LogP contribution in [0.5, 0.6) is 0 Å². The number of hydrogen-bond acceptors (Lipinski definition) is 6. The summed E-state index contributed by atoms with van der Waals surface area (Å²) in [5.74, 6) is -3.21. The molecule has 0 bridgehead atoms. The lowest BCUT2D eigenvalue weighted by Crippen LogP contribution is -2.37. The van der Waals surface area contributed by atoms with Crippen LogP contribution in [0.1, 0.15) is 5.56 Å². The molecule has 2 fully saturated rings. The fourth-order valence-electron chi connectivity index (χ4n) is 3.04. The number of pyridine rings is 1. The Kier molecular flexibility index (Phi) is 7.19. The molecule has 2 aliphatic heterocycles. The fraction of sp³-hybridized carbons (Fsp3) is 0.562. The Hall–Kier alpha value is -2.25. The van der Waals surface area contributed by atoms with Gasteiger partial charge in [-0.2, -0.15) is 17.5 Å². The first-order valence-corrected chi connectivity index (χ1v) is 10.3. The molecule has 2 aliphatic rings. The maximum atomic E-state index is 12.3. The summed E-state index contributed by atoms with van der Waals surface area (Å²) in [6.07, 6.45) is -0.691. The van der Waals surface area contributed by atoms with E-state index >= 15 is 0 Å². The van der Waals surface area contributed by atoms with E-state index in [2.05, 4.69) is 10.3 Å². The van der Waals surface area contributed by atoms with Crippen molar-refractivity contribution in [3.05, 3.63) is 30.1 Å². The minimum atomic E-state index is -5.08. The molecule has 1 aromatic heterocycles. The second-order valence-electron chi connectivity index (χ2n) is 6.60. The van der Waals surface area contributed by atoms with Gasteiger partial charge in [-0.15, -0.1) is 0 Å². The lowest BCUT2D eigenvalue weighted by Gasteiger charge is -2.17.